The van der Waals surface area contributed by atoms with Crippen LogP contribution in [-0.4, -0.2) is 19.1 Å². The van der Waals surface area contributed by atoms with Gasteiger partial charge in [-0.2, -0.15) is 0 Å². The number of amides is 1. The fraction of sp³-hybridized carbons (Fsp3) is 0.857. The van der Waals surface area contributed by atoms with Gasteiger partial charge in [-0.15, -0.1) is 0 Å². The first kappa shape index (κ1) is 9.40. The van der Waals surface area contributed by atoms with Crippen molar-refractivity contribution in [1.82, 2.24) is 5.32 Å². The molecule has 0 aromatic rings. The summed E-state index contributed by atoms with van der Waals surface area (Å²) in [5.74, 6) is 0.0240. The maximum atomic E-state index is 11.5. The Labute approximate surface area is 60.8 Å². The zero-order valence-corrected chi connectivity index (χ0v) is 6.32. The standard InChI is InChI=1S/C7H14FNO/c1-2-4-7(10)9-6-3-5-8/h2-6H2,1H3,(H,9,10). The predicted molar refractivity (Wildman–Crippen MR) is 38.5 cm³/mol. The summed E-state index contributed by atoms with van der Waals surface area (Å²) >= 11 is 0. The maximum Gasteiger partial charge on any atom is 0.219 e. The Morgan fingerprint density at radius 2 is 2.30 bits per heavy atom. The number of nitrogens with one attached hydrogen (secondary N) is 1. The molecule has 0 aromatic heterocycles. The zero-order valence-electron chi connectivity index (χ0n) is 6.32. The molecule has 0 heterocycles. The molecule has 10 heavy (non-hydrogen) atoms. The van der Waals surface area contributed by atoms with Gasteiger partial charge in [-0.3, -0.25) is 9.18 Å². The number of alkyl halides is 1. The Kier molecular flexibility index (Phi) is 6.13. The summed E-state index contributed by atoms with van der Waals surface area (Å²) in [5.41, 5.74) is 0. The molecule has 1 N–H and O–H groups in total. The normalized spacial score (nSPS) is 9.40. The molecule has 2 nitrogen and oxygen atoms in total. The minimum Gasteiger partial charge on any atom is -0.356 e. The number of carbonyl (C=O) groups is 1. The van der Waals surface area contributed by atoms with Crippen molar-refractivity contribution in [1.29, 1.82) is 0 Å². The number of carbonyl (C=O) groups excluding carboxylic acids is 1. The first-order valence-electron chi connectivity index (χ1n) is 3.64. The molecule has 1 amide bonds. The second kappa shape index (κ2) is 6.52. The largest absolute Gasteiger partial charge is 0.356 e. The molecule has 0 bridgehead atoms. The third kappa shape index (κ3) is 5.54. The highest BCUT2D eigenvalue weighted by Gasteiger charge is 1.95. The average Bonchev–Trinajstić information content (AvgIpc) is 1.89. The van der Waals surface area contributed by atoms with Crippen molar-refractivity contribution in [2.24, 2.45) is 0 Å². The predicted octanol–water partition coefficient (Wildman–Crippen LogP) is 1.26. The summed E-state index contributed by atoms with van der Waals surface area (Å²) in [4.78, 5) is 10.7. The molecule has 0 fully saturated rings. The van der Waals surface area contributed by atoms with Crippen molar-refractivity contribution in [3.8, 4) is 0 Å². The van der Waals surface area contributed by atoms with E-state index in [1.807, 2.05) is 6.92 Å². The molecule has 3 heteroatoms. The second-order valence-electron chi connectivity index (χ2n) is 2.14. The van der Waals surface area contributed by atoms with E-state index in [0.29, 0.717) is 19.4 Å². The lowest BCUT2D eigenvalue weighted by molar-refractivity contribution is -0.121. The number of halogens is 1. The van der Waals surface area contributed by atoms with Crippen LogP contribution in [0.4, 0.5) is 4.39 Å². The minimum absolute atomic E-state index is 0.0240. The van der Waals surface area contributed by atoms with Crippen molar-refractivity contribution in [3.63, 3.8) is 0 Å². The molecule has 0 saturated heterocycles. The van der Waals surface area contributed by atoms with Gasteiger partial charge in [-0.25, -0.2) is 0 Å². The second-order valence-corrected chi connectivity index (χ2v) is 2.14. The summed E-state index contributed by atoms with van der Waals surface area (Å²) in [7, 11) is 0. The summed E-state index contributed by atoms with van der Waals surface area (Å²) in [6.45, 7) is 2.05. The molecular formula is C7H14FNO. The van der Waals surface area contributed by atoms with Crippen molar-refractivity contribution in [2.75, 3.05) is 13.2 Å². The highest BCUT2D eigenvalue weighted by atomic mass is 19.1. The highest BCUT2D eigenvalue weighted by molar-refractivity contribution is 5.75. The molecule has 0 aliphatic rings. The van der Waals surface area contributed by atoms with Gasteiger partial charge in [0.05, 0.1) is 6.67 Å². The van der Waals surface area contributed by atoms with E-state index in [0.717, 1.165) is 6.42 Å². The quantitative estimate of drug-likeness (QED) is 0.583. The van der Waals surface area contributed by atoms with Gasteiger partial charge in [-0.1, -0.05) is 6.92 Å². The number of hydrogen-bond acceptors (Lipinski definition) is 1. The van der Waals surface area contributed by atoms with E-state index >= 15 is 0 Å². The molecule has 0 rings (SSSR count). The molecule has 0 unspecified atom stereocenters. The zero-order chi connectivity index (χ0) is 7.82. The van der Waals surface area contributed by atoms with Gasteiger partial charge in [0.1, 0.15) is 0 Å². The third-order valence-electron chi connectivity index (χ3n) is 1.11. The van der Waals surface area contributed by atoms with Crippen LogP contribution in [0.5, 0.6) is 0 Å². The van der Waals surface area contributed by atoms with Gasteiger partial charge in [-0.05, 0) is 12.8 Å². The fourth-order valence-corrected chi connectivity index (χ4v) is 0.610. The van der Waals surface area contributed by atoms with Crippen molar-refractivity contribution in [3.05, 3.63) is 0 Å². The first-order chi connectivity index (χ1) is 4.81. The van der Waals surface area contributed by atoms with Crippen molar-refractivity contribution in [2.45, 2.75) is 26.2 Å². The first-order valence-corrected chi connectivity index (χ1v) is 3.64. The van der Waals surface area contributed by atoms with Gasteiger partial charge in [0.25, 0.3) is 0 Å². The van der Waals surface area contributed by atoms with Crippen LogP contribution >= 0.6 is 0 Å². The van der Waals surface area contributed by atoms with Crippen LogP contribution < -0.4 is 5.32 Å². The van der Waals surface area contributed by atoms with Crippen LogP contribution in [0.15, 0.2) is 0 Å². The Bertz CT molecular complexity index is 95.6. The van der Waals surface area contributed by atoms with E-state index in [2.05, 4.69) is 5.32 Å². The molecule has 0 aliphatic carbocycles. The Balaban J connectivity index is 3.05. The monoisotopic (exact) mass is 147 g/mol. The molecule has 0 radical (unpaired) electrons. The van der Waals surface area contributed by atoms with Crippen molar-refractivity contribution < 1.29 is 9.18 Å². The minimum atomic E-state index is -0.355. The van der Waals surface area contributed by atoms with Crippen LogP contribution in [0.25, 0.3) is 0 Å². The summed E-state index contributed by atoms with van der Waals surface area (Å²) in [6, 6.07) is 0. The van der Waals surface area contributed by atoms with E-state index in [1.54, 1.807) is 0 Å². The SMILES string of the molecule is CCCC(=O)NCCCF. The van der Waals surface area contributed by atoms with Gasteiger partial charge >= 0.3 is 0 Å². The van der Waals surface area contributed by atoms with E-state index < -0.39 is 0 Å². The van der Waals surface area contributed by atoms with E-state index in [4.69, 9.17) is 0 Å². The number of rotatable bonds is 5. The van der Waals surface area contributed by atoms with Crippen LogP contribution in [-0.2, 0) is 4.79 Å². The lowest BCUT2D eigenvalue weighted by atomic mass is 10.3. The summed E-state index contributed by atoms with van der Waals surface area (Å²) in [5, 5.41) is 2.61. The smallest absolute Gasteiger partial charge is 0.219 e. The van der Waals surface area contributed by atoms with Crippen LogP contribution in [0.2, 0.25) is 0 Å². The Hall–Kier alpha value is -0.600. The third-order valence-corrected chi connectivity index (χ3v) is 1.11. The molecule has 0 saturated carbocycles. The summed E-state index contributed by atoms with van der Waals surface area (Å²) in [6.07, 6.45) is 1.82. The topological polar surface area (TPSA) is 29.1 Å². The Morgan fingerprint density at radius 1 is 1.60 bits per heavy atom. The van der Waals surface area contributed by atoms with E-state index in [1.165, 1.54) is 0 Å². The summed E-state index contributed by atoms with van der Waals surface area (Å²) < 4.78 is 11.5. The van der Waals surface area contributed by atoms with E-state index in [-0.39, 0.29) is 12.6 Å². The number of hydrogen-bond donors (Lipinski definition) is 1. The average molecular weight is 147 g/mol. The molecule has 0 aliphatic heterocycles. The van der Waals surface area contributed by atoms with Gasteiger partial charge in [0, 0.05) is 13.0 Å². The molecule has 0 atom stereocenters. The van der Waals surface area contributed by atoms with E-state index in [9.17, 15) is 9.18 Å². The molecule has 60 valence electrons. The lowest BCUT2D eigenvalue weighted by Gasteiger charge is -2.00. The lowest BCUT2D eigenvalue weighted by Crippen LogP contribution is -2.23. The van der Waals surface area contributed by atoms with Crippen LogP contribution in [0.1, 0.15) is 26.2 Å². The van der Waals surface area contributed by atoms with Crippen molar-refractivity contribution >= 4 is 5.91 Å². The molecular weight excluding hydrogens is 133 g/mol. The van der Waals surface area contributed by atoms with Gasteiger partial charge < -0.3 is 5.32 Å². The molecule has 0 spiro atoms. The van der Waals surface area contributed by atoms with Gasteiger partial charge in [0.15, 0.2) is 0 Å². The maximum absolute atomic E-state index is 11.5. The Morgan fingerprint density at radius 3 is 2.80 bits per heavy atom. The van der Waals surface area contributed by atoms with Gasteiger partial charge in [0.2, 0.25) is 5.91 Å². The highest BCUT2D eigenvalue weighted by Crippen LogP contribution is 1.85. The fourth-order valence-electron chi connectivity index (χ4n) is 0.610. The van der Waals surface area contributed by atoms with Crippen LogP contribution in [0, 0.1) is 0 Å². The van der Waals surface area contributed by atoms with Crippen LogP contribution in [0.3, 0.4) is 0 Å². The molecule has 0 aromatic carbocycles.